The number of carbonyl (C=O) groups is 2. The van der Waals surface area contributed by atoms with Gasteiger partial charge in [0.2, 0.25) is 0 Å². The highest BCUT2D eigenvalue weighted by atomic mass is 35.5. The quantitative estimate of drug-likeness (QED) is 0.645. The highest BCUT2D eigenvalue weighted by molar-refractivity contribution is 6.02. The number of nitro benzene ring substituents is 1. The molecule has 0 saturated carbocycles. The molecule has 0 aliphatic carbocycles. The lowest BCUT2D eigenvalue weighted by atomic mass is 10.2. The lowest BCUT2D eigenvalue weighted by Gasteiger charge is -2.10. The summed E-state index contributed by atoms with van der Waals surface area (Å²) in [6.45, 7) is 0. The van der Waals surface area contributed by atoms with Gasteiger partial charge >= 0.3 is 6.09 Å². The Kier molecular flexibility index (Phi) is 5.07. The summed E-state index contributed by atoms with van der Waals surface area (Å²) >= 11 is 0. The van der Waals surface area contributed by atoms with Gasteiger partial charge in [-0.15, -0.1) is 12.4 Å². The lowest BCUT2D eigenvalue weighted by molar-refractivity contribution is -0.384. The van der Waals surface area contributed by atoms with Gasteiger partial charge in [0.05, 0.1) is 4.92 Å². The van der Waals surface area contributed by atoms with Gasteiger partial charge < -0.3 is 5.11 Å². The van der Waals surface area contributed by atoms with Crippen molar-refractivity contribution in [3.8, 4) is 0 Å². The predicted molar refractivity (Wildman–Crippen MR) is 60.5 cm³/mol. The Hall–Kier alpha value is -2.15. The largest absolute Gasteiger partial charge is 0.465 e. The number of carbonyl (C=O) groups excluding carboxylic acids is 1. The third-order valence-electron chi connectivity index (χ3n) is 1.92. The third kappa shape index (κ3) is 3.42. The summed E-state index contributed by atoms with van der Waals surface area (Å²) in [6, 6.07) is 4.70. The molecule has 8 heteroatoms. The highest BCUT2D eigenvalue weighted by Crippen LogP contribution is 2.13. The topological polar surface area (TPSA) is 101 Å². The van der Waals surface area contributed by atoms with Gasteiger partial charge in [-0.25, -0.2) is 9.69 Å². The highest BCUT2D eigenvalue weighted by Gasteiger charge is 2.18. The van der Waals surface area contributed by atoms with Gasteiger partial charge in [0, 0.05) is 24.7 Å². The SMILES string of the molecule is CN(C(=O)O)C(=O)c1ccc([N+](=O)[O-])cc1.Cl. The van der Waals surface area contributed by atoms with Gasteiger partial charge in [0.25, 0.3) is 11.6 Å². The molecule has 1 aromatic carbocycles. The van der Waals surface area contributed by atoms with Crippen molar-refractivity contribution in [1.29, 1.82) is 0 Å². The van der Waals surface area contributed by atoms with Crippen LogP contribution in [0.25, 0.3) is 0 Å². The summed E-state index contributed by atoms with van der Waals surface area (Å²) in [5.74, 6) is -0.734. The van der Waals surface area contributed by atoms with E-state index >= 15 is 0 Å². The van der Waals surface area contributed by atoms with Crippen LogP contribution >= 0.6 is 12.4 Å². The van der Waals surface area contributed by atoms with Gasteiger partial charge in [-0.1, -0.05) is 0 Å². The standard InChI is InChI=1S/C9H8N2O5.ClH/c1-10(9(13)14)8(12)6-2-4-7(5-3-6)11(15)16;/h2-5H,1H3,(H,13,14);1H. The number of imide groups is 1. The number of halogens is 1. The Morgan fingerprint density at radius 1 is 1.29 bits per heavy atom. The Morgan fingerprint density at radius 2 is 1.76 bits per heavy atom. The molecule has 0 aliphatic rings. The number of hydrogen-bond acceptors (Lipinski definition) is 4. The Bertz CT molecular complexity index is 445. The van der Waals surface area contributed by atoms with Crippen LogP contribution in [-0.4, -0.2) is 34.0 Å². The summed E-state index contributed by atoms with van der Waals surface area (Å²) in [4.78, 5) is 32.2. The van der Waals surface area contributed by atoms with Crippen molar-refractivity contribution in [3.05, 3.63) is 39.9 Å². The van der Waals surface area contributed by atoms with Crippen molar-refractivity contribution < 1.29 is 19.6 Å². The average Bonchev–Trinajstić information content (AvgIpc) is 2.27. The Balaban J connectivity index is 0.00000256. The molecule has 0 fully saturated rings. The van der Waals surface area contributed by atoms with Crippen LogP contribution < -0.4 is 0 Å². The van der Waals surface area contributed by atoms with E-state index in [9.17, 15) is 19.7 Å². The molecule has 0 aliphatic heterocycles. The summed E-state index contributed by atoms with van der Waals surface area (Å²) in [7, 11) is 1.10. The van der Waals surface area contributed by atoms with Gasteiger partial charge in [-0.3, -0.25) is 14.9 Å². The molecule has 92 valence electrons. The van der Waals surface area contributed by atoms with Crippen molar-refractivity contribution >= 4 is 30.1 Å². The second-order valence-electron chi connectivity index (χ2n) is 2.95. The van der Waals surface area contributed by atoms with Crippen LogP contribution in [0.2, 0.25) is 0 Å². The molecule has 0 unspecified atom stereocenters. The van der Waals surface area contributed by atoms with Gasteiger partial charge in [-0.05, 0) is 12.1 Å². The molecule has 0 spiro atoms. The molecule has 0 heterocycles. The number of carboxylic acid groups (broad SMARTS) is 1. The molecule has 0 saturated heterocycles. The first-order valence-corrected chi connectivity index (χ1v) is 4.19. The first-order chi connectivity index (χ1) is 7.43. The molecule has 0 radical (unpaired) electrons. The fraction of sp³-hybridized carbons (Fsp3) is 0.111. The van der Waals surface area contributed by atoms with Gasteiger partial charge in [0.1, 0.15) is 0 Å². The molecule has 2 amide bonds. The lowest BCUT2D eigenvalue weighted by Crippen LogP contribution is -2.31. The monoisotopic (exact) mass is 260 g/mol. The van der Waals surface area contributed by atoms with Crippen LogP contribution in [0.3, 0.4) is 0 Å². The van der Waals surface area contributed by atoms with E-state index < -0.39 is 16.9 Å². The van der Waals surface area contributed by atoms with E-state index in [0.29, 0.717) is 4.90 Å². The van der Waals surface area contributed by atoms with E-state index in [-0.39, 0.29) is 23.7 Å². The number of non-ortho nitro benzene ring substituents is 1. The number of nitrogens with zero attached hydrogens (tertiary/aromatic N) is 2. The molecular weight excluding hydrogens is 252 g/mol. The molecule has 1 aromatic rings. The number of hydrogen-bond donors (Lipinski definition) is 1. The molecule has 0 aromatic heterocycles. The fourth-order valence-electron chi connectivity index (χ4n) is 1.01. The first kappa shape index (κ1) is 14.8. The summed E-state index contributed by atoms with van der Waals surface area (Å²) in [6.07, 6.45) is -1.39. The average molecular weight is 261 g/mol. The smallest absolute Gasteiger partial charge is 0.414 e. The molecular formula is C9H9ClN2O5. The van der Waals surface area contributed by atoms with Gasteiger partial charge in [0.15, 0.2) is 0 Å². The maximum Gasteiger partial charge on any atom is 0.414 e. The van der Waals surface area contributed by atoms with Crippen LogP contribution in [-0.2, 0) is 0 Å². The van der Waals surface area contributed by atoms with E-state index in [2.05, 4.69) is 0 Å². The molecule has 1 rings (SSSR count). The van der Waals surface area contributed by atoms with Crippen LogP contribution in [0.1, 0.15) is 10.4 Å². The zero-order valence-electron chi connectivity index (χ0n) is 8.69. The molecule has 0 bridgehead atoms. The second kappa shape index (κ2) is 5.80. The maximum absolute atomic E-state index is 11.4. The van der Waals surface area contributed by atoms with Crippen LogP contribution in [0.15, 0.2) is 24.3 Å². The number of amides is 2. The number of benzene rings is 1. The summed E-state index contributed by atoms with van der Waals surface area (Å²) < 4.78 is 0. The molecule has 1 N–H and O–H groups in total. The Labute approximate surface area is 102 Å². The summed E-state index contributed by atoms with van der Waals surface area (Å²) in [5, 5.41) is 18.9. The van der Waals surface area contributed by atoms with Crippen molar-refractivity contribution in [2.45, 2.75) is 0 Å². The molecule has 7 nitrogen and oxygen atoms in total. The normalized spacial score (nSPS) is 9.00. The van der Waals surface area contributed by atoms with Crippen LogP contribution in [0.4, 0.5) is 10.5 Å². The van der Waals surface area contributed by atoms with Crippen LogP contribution in [0.5, 0.6) is 0 Å². The predicted octanol–water partition coefficient (Wildman–Crippen LogP) is 1.77. The van der Waals surface area contributed by atoms with Crippen molar-refractivity contribution in [2.24, 2.45) is 0 Å². The molecule has 0 atom stereocenters. The third-order valence-corrected chi connectivity index (χ3v) is 1.92. The van der Waals surface area contributed by atoms with Crippen LogP contribution in [0, 0.1) is 10.1 Å². The number of nitro groups is 1. The minimum atomic E-state index is -1.39. The Morgan fingerprint density at radius 3 is 2.12 bits per heavy atom. The maximum atomic E-state index is 11.4. The fourth-order valence-corrected chi connectivity index (χ4v) is 1.01. The number of rotatable bonds is 2. The van der Waals surface area contributed by atoms with E-state index in [1.807, 2.05) is 0 Å². The zero-order valence-corrected chi connectivity index (χ0v) is 9.51. The van der Waals surface area contributed by atoms with E-state index in [4.69, 9.17) is 5.11 Å². The van der Waals surface area contributed by atoms with Gasteiger partial charge in [-0.2, -0.15) is 0 Å². The van der Waals surface area contributed by atoms with E-state index in [1.165, 1.54) is 12.1 Å². The van der Waals surface area contributed by atoms with E-state index in [0.717, 1.165) is 19.2 Å². The summed E-state index contributed by atoms with van der Waals surface area (Å²) in [5.41, 5.74) is -0.0787. The minimum Gasteiger partial charge on any atom is -0.465 e. The van der Waals surface area contributed by atoms with Crippen molar-refractivity contribution in [1.82, 2.24) is 4.90 Å². The first-order valence-electron chi connectivity index (χ1n) is 4.19. The van der Waals surface area contributed by atoms with E-state index in [1.54, 1.807) is 0 Å². The second-order valence-corrected chi connectivity index (χ2v) is 2.95. The van der Waals surface area contributed by atoms with Crippen molar-refractivity contribution in [2.75, 3.05) is 7.05 Å². The van der Waals surface area contributed by atoms with Crippen molar-refractivity contribution in [3.63, 3.8) is 0 Å². The zero-order chi connectivity index (χ0) is 12.3. The minimum absolute atomic E-state index is 0. The molecule has 17 heavy (non-hydrogen) atoms.